The van der Waals surface area contributed by atoms with E-state index in [0.717, 1.165) is 12.1 Å². The molecule has 0 aliphatic rings. The number of carbonyl (C=O) groups is 1. The van der Waals surface area contributed by atoms with E-state index in [9.17, 15) is 13.6 Å². The average Bonchev–Trinajstić information content (AvgIpc) is 2.38. The van der Waals surface area contributed by atoms with Crippen molar-refractivity contribution in [1.29, 1.82) is 0 Å². The van der Waals surface area contributed by atoms with Gasteiger partial charge in [0.05, 0.1) is 12.7 Å². The highest BCUT2D eigenvalue weighted by atomic mass is 19.1. The molecule has 2 rings (SSSR count). The van der Waals surface area contributed by atoms with Crippen molar-refractivity contribution < 1.29 is 18.3 Å². The van der Waals surface area contributed by atoms with Gasteiger partial charge in [0, 0.05) is 12.1 Å². The molecule has 0 aliphatic carbocycles. The lowest BCUT2D eigenvalue weighted by atomic mass is 10.1. The molecule has 0 aliphatic heterocycles. The minimum atomic E-state index is -0.933. The number of carbonyl (C=O) groups excluding carboxylic acids is 1. The first kappa shape index (κ1) is 12.1. The number of hydrogen-bond acceptors (Lipinski definition) is 4. The highest BCUT2D eigenvalue weighted by Crippen LogP contribution is 2.14. The van der Waals surface area contributed by atoms with E-state index < -0.39 is 17.4 Å². The van der Waals surface area contributed by atoms with E-state index in [1.165, 1.54) is 19.2 Å². The predicted octanol–water partition coefficient (Wildman–Crippen LogP) is 1.99. The second kappa shape index (κ2) is 4.87. The summed E-state index contributed by atoms with van der Waals surface area (Å²) >= 11 is 0. The molecule has 0 spiro atoms. The van der Waals surface area contributed by atoms with Crippen LogP contribution in [-0.2, 0) is 0 Å². The van der Waals surface area contributed by atoms with Crippen molar-refractivity contribution in [2.24, 2.45) is 0 Å². The molecule has 0 saturated carbocycles. The maximum absolute atomic E-state index is 13.4. The summed E-state index contributed by atoms with van der Waals surface area (Å²) in [4.78, 5) is 11.9. The first-order valence-electron chi connectivity index (χ1n) is 4.99. The Balaban J connectivity index is 2.35. The van der Waals surface area contributed by atoms with Crippen molar-refractivity contribution in [2.45, 2.75) is 0 Å². The maximum atomic E-state index is 13.4. The highest BCUT2D eigenvalue weighted by molar-refractivity contribution is 6.07. The van der Waals surface area contributed by atoms with E-state index in [1.807, 2.05) is 0 Å². The Labute approximate surface area is 101 Å². The second-order valence-corrected chi connectivity index (χ2v) is 3.41. The SMILES string of the molecule is COc1ccc(C(=O)c2ccc(F)cc2F)nn1. The van der Waals surface area contributed by atoms with Gasteiger partial charge in [-0.2, -0.15) is 0 Å². The summed E-state index contributed by atoms with van der Waals surface area (Å²) in [7, 11) is 1.41. The molecule has 92 valence electrons. The van der Waals surface area contributed by atoms with Gasteiger partial charge in [0.25, 0.3) is 0 Å². The van der Waals surface area contributed by atoms with Crippen molar-refractivity contribution in [3.63, 3.8) is 0 Å². The molecule has 0 bridgehead atoms. The zero-order valence-corrected chi connectivity index (χ0v) is 9.35. The summed E-state index contributed by atoms with van der Waals surface area (Å²) < 4.78 is 30.9. The second-order valence-electron chi connectivity index (χ2n) is 3.41. The van der Waals surface area contributed by atoms with Crippen LogP contribution in [0, 0.1) is 11.6 Å². The third-order valence-electron chi connectivity index (χ3n) is 2.26. The molecular formula is C12H8F2N2O2. The van der Waals surface area contributed by atoms with Crippen molar-refractivity contribution >= 4 is 5.78 Å². The van der Waals surface area contributed by atoms with Gasteiger partial charge < -0.3 is 4.74 Å². The Morgan fingerprint density at radius 3 is 2.50 bits per heavy atom. The maximum Gasteiger partial charge on any atom is 0.233 e. The van der Waals surface area contributed by atoms with Gasteiger partial charge in [-0.05, 0) is 18.2 Å². The van der Waals surface area contributed by atoms with Crippen molar-refractivity contribution in [3.8, 4) is 5.88 Å². The molecule has 0 unspecified atom stereocenters. The van der Waals surface area contributed by atoms with E-state index in [2.05, 4.69) is 10.2 Å². The molecule has 0 N–H and O–H groups in total. The molecule has 2 aromatic rings. The fourth-order valence-electron chi connectivity index (χ4n) is 1.36. The molecule has 0 fully saturated rings. The van der Waals surface area contributed by atoms with Gasteiger partial charge in [-0.15, -0.1) is 10.2 Å². The van der Waals surface area contributed by atoms with Gasteiger partial charge in [-0.1, -0.05) is 0 Å². The molecule has 0 radical (unpaired) electrons. The normalized spacial score (nSPS) is 10.2. The third-order valence-corrected chi connectivity index (χ3v) is 2.26. The Kier molecular flexibility index (Phi) is 3.27. The quantitative estimate of drug-likeness (QED) is 0.782. The van der Waals surface area contributed by atoms with Gasteiger partial charge in [0.1, 0.15) is 17.3 Å². The van der Waals surface area contributed by atoms with Gasteiger partial charge in [0.15, 0.2) is 0 Å². The standard InChI is InChI=1S/C12H8F2N2O2/c1-18-11-5-4-10(15-16-11)12(17)8-3-2-7(13)6-9(8)14/h2-6H,1H3. The number of ketones is 1. The molecule has 4 nitrogen and oxygen atoms in total. The zero-order valence-electron chi connectivity index (χ0n) is 9.35. The zero-order chi connectivity index (χ0) is 13.1. The Morgan fingerprint density at radius 1 is 1.17 bits per heavy atom. The van der Waals surface area contributed by atoms with E-state index in [1.54, 1.807) is 0 Å². The van der Waals surface area contributed by atoms with Crippen LogP contribution in [0.5, 0.6) is 5.88 Å². The number of halogens is 2. The van der Waals surface area contributed by atoms with E-state index in [-0.39, 0.29) is 17.1 Å². The lowest BCUT2D eigenvalue weighted by Gasteiger charge is -2.02. The van der Waals surface area contributed by atoms with Crippen LogP contribution in [0.25, 0.3) is 0 Å². The number of ether oxygens (including phenoxy) is 1. The van der Waals surface area contributed by atoms with Crippen LogP contribution >= 0.6 is 0 Å². The average molecular weight is 250 g/mol. The Bertz CT molecular complexity index is 585. The number of methoxy groups -OCH3 is 1. The third kappa shape index (κ3) is 2.32. The summed E-state index contributed by atoms with van der Waals surface area (Å²) in [5.74, 6) is -2.10. The largest absolute Gasteiger partial charge is 0.480 e. The van der Waals surface area contributed by atoms with Gasteiger partial charge in [-0.25, -0.2) is 8.78 Å². The van der Waals surface area contributed by atoms with Gasteiger partial charge in [0.2, 0.25) is 11.7 Å². The molecule has 6 heteroatoms. The predicted molar refractivity (Wildman–Crippen MR) is 58.4 cm³/mol. The molecule has 0 saturated heterocycles. The van der Waals surface area contributed by atoms with E-state index >= 15 is 0 Å². The van der Waals surface area contributed by atoms with Gasteiger partial charge in [-0.3, -0.25) is 4.79 Å². The molecule has 1 aromatic carbocycles. The van der Waals surface area contributed by atoms with E-state index in [0.29, 0.717) is 6.07 Å². The first-order chi connectivity index (χ1) is 8.61. The smallest absolute Gasteiger partial charge is 0.233 e. The van der Waals surface area contributed by atoms with Crippen LogP contribution in [0.4, 0.5) is 8.78 Å². The number of aromatic nitrogens is 2. The molecule has 0 atom stereocenters. The Morgan fingerprint density at radius 2 is 1.94 bits per heavy atom. The minimum absolute atomic E-state index is 0.0405. The Hall–Kier alpha value is -2.37. The lowest BCUT2D eigenvalue weighted by molar-refractivity contribution is 0.102. The van der Waals surface area contributed by atoms with Crippen LogP contribution in [0.15, 0.2) is 30.3 Å². The summed E-state index contributed by atoms with van der Waals surface area (Å²) in [5, 5.41) is 7.21. The summed E-state index contributed by atoms with van der Waals surface area (Å²) in [6.07, 6.45) is 0. The first-order valence-corrected chi connectivity index (χ1v) is 4.99. The summed E-state index contributed by atoms with van der Waals surface area (Å²) in [5.41, 5.74) is -0.294. The lowest BCUT2D eigenvalue weighted by Crippen LogP contribution is -2.08. The van der Waals surface area contributed by atoms with E-state index in [4.69, 9.17) is 4.74 Å². The van der Waals surface area contributed by atoms with Crippen LogP contribution < -0.4 is 4.74 Å². The molecule has 18 heavy (non-hydrogen) atoms. The molecule has 0 amide bonds. The number of hydrogen-bond donors (Lipinski definition) is 0. The topological polar surface area (TPSA) is 52.1 Å². The fourth-order valence-corrected chi connectivity index (χ4v) is 1.36. The van der Waals surface area contributed by atoms with Crippen LogP contribution in [0.1, 0.15) is 16.1 Å². The number of nitrogens with zero attached hydrogens (tertiary/aromatic N) is 2. The monoisotopic (exact) mass is 250 g/mol. The highest BCUT2D eigenvalue weighted by Gasteiger charge is 2.16. The molecular weight excluding hydrogens is 242 g/mol. The fraction of sp³-hybridized carbons (Fsp3) is 0.0833. The summed E-state index contributed by atoms with van der Waals surface area (Å²) in [6.45, 7) is 0. The molecule has 1 heterocycles. The number of rotatable bonds is 3. The molecule has 1 aromatic heterocycles. The van der Waals surface area contributed by atoms with Crippen LogP contribution in [0.3, 0.4) is 0 Å². The van der Waals surface area contributed by atoms with Crippen LogP contribution in [0.2, 0.25) is 0 Å². The van der Waals surface area contributed by atoms with Crippen molar-refractivity contribution in [1.82, 2.24) is 10.2 Å². The minimum Gasteiger partial charge on any atom is -0.480 e. The van der Waals surface area contributed by atoms with Crippen molar-refractivity contribution in [2.75, 3.05) is 7.11 Å². The number of benzene rings is 1. The summed E-state index contributed by atoms with van der Waals surface area (Å²) in [6, 6.07) is 5.51. The van der Waals surface area contributed by atoms with Crippen molar-refractivity contribution in [3.05, 3.63) is 53.2 Å². The van der Waals surface area contributed by atoms with Crippen LogP contribution in [-0.4, -0.2) is 23.1 Å². The van der Waals surface area contributed by atoms with Gasteiger partial charge >= 0.3 is 0 Å².